The van der Waals surface area contributed by atoms with E-state index in [1.54, 1.807) is 0 Å². The highest BCUT2D eigenvalue weighted by Gasteiger charge is 2.19. The zero-order valence-electron chi connectivity index (χ0n) is 54.4. The van der Waals surface area contributed by atoms with Crippen molar-refractivity contribution in [3.05, 3.63) is 122 Å². The maximum atomic E-state index is 13.0. The predicted octanol–water partition coefficient (Wildman–Crippen LogP) is 24.3. The first-order valence-corrected chi connectivity index (χ1v) is 35.0. The van der Waals surface area contributed by atoms with Gasteiger partial charge in [0.25, 0.3) is 0 Å². The van der Waals surface area contributed by atoms with Crippen LogP contribution in [0.3, 0.4) is 0 Å². The van der Waals surface area contributed by atoms with Gasteiger partial charge in [-0.15, -0.1) is 0 Å². The highest BCUT2D eigenvalue weighted by molar-refractivity contribution is 5.71. The monoisotopic (exact) mass is 1150 g/mol. The molecule has 0 heterocycles. The third-order valence-corrected chi connectivity index (χ3v) is 14.9. The Labute approximate surface area is 513 Å². The largest absolute Gasteiger partial charge is 0.462 e. The van der Waals surface area contributed by atoms with Crippen LogP contribution in [0.4, 0.5) is 0 Å². The summed E-state index contributed by atoms with van der Waals surface area (Å²) in [4.78, 5) is 38.5. The molecule has 0 radical (unpaired) electrons. The molecule has 6 heteroatoms. The van der Waals surface area contributed by atoms with Crippen LogP contribution < -0.4 is 0 Å². The number of ether oxygens (including phenoxy) is 3. The number of unbranched alkanes of at least 4 members (excludes halogenated alkanes) is 32. The Balaban J connectivity index is 4.36. The van der Waals surface area contributed by atoms with Gasteiger partial charge in [0.15, 0.2) is 6.10 Å². The van der Waals surface area contributed by atoms with Gasteiger partial charge < -0.3 is 14.2 Å². The summed E-state index contributed by atoms with van der Waals surface area (Å²) in [6.07, 6.45) is 97.8. The number of esters is 3. The van der Waals surface area contributed by atoms with Crippen LogP contribution in [-0.2, 0) is 28.6 Å². The highest BCUT2D eigenvalue weighted by atomic mass is 16.6. The van der Waals surface area contributed by atoms with Crippen molar-refractivity contribution >= 4 is 17.9 Å². The number of hydrogen-bond donors (Lipinski definition) is 0. The van der Waals surface area contributed by atoms with E-state index in [-0.39, 0.29) is 31.1 Å². The molecule has 0 aromatic carbocycles. The molecule has 0 rings (SSSR count). The zero-order valence-corrected chi connectivity index (χ0v) is 54.4. The lowest BCUT2D eigenvalue weighted by Crippen LogP contribution is -2.30. The Kier molecular flexibility index (Phi) is 66.7. The fourth-order valence-corrected chi connectivity index (χ4v) is 9.75. The van der Waals surface area contributed by atoms with Gasteiger partial charge in [0.1, 0.15) is 13.2 Å². The van der Waals surface area contributed by atoms with Crippen LogP contribution >= 0.6 is 0 Å². The molecular formula is C77H130O6. The molecule has 83 heavy (non-hydrogen) atoms. The van der Waals surface area contributed by atoms with Gasteiger partial charge in [-0.3, -0.25) is 14.4 Å². The van der Waals surface area contributed by atoms with E-state index < -0.39 is 6.10 Å². The van der Waals surface area contributed by atoms with Gasteiger partial charge in [-0.25, -0.2) is 0 Å². The summed E-state index contributed by atoms with van der Waals surface area (Å²) >= 11 is 0. The van der Waals surface area contributed by atoms with Crippen molar-refractivity contribution in [2.24, 2.45) is 0 Å². The van der Waals surface area contributed by atoms with Crippen molar-refractivity contribution in [3.8, 4) is 0 Å². The maximum Gasteiger partial charge on any atom is 0.306 e. The van der Waals surface area contributed by atoms with Gasteiger partial charge in [0.2, 0.25) is 0 Å². The molecule has 1 unspecified atom stereocenters. The molecule has 1 atom stereocenters. The summed E-state index contributed by atoms with van der Waals surface area (Å²) in [6, 6.07) is 0. The second-order valence-corrected chi connectivity index (χ2v) is 23.0. The molecule has 474 valence electrons. The van der Waals surface area contributed by atoms with Crippen LogP contribution in [0, 0.1) is 0 Å². The van der Waals surface area contributed by atoms with E-state index >= 15 is 0 Å². The van der Waals surface area contributed by atoms with Crippen LogP contribution in [0.15, 0.2) is 122 Å². The van der Waals surface area contributed by atoms with E-state index in [1.165, 1.54) is 161 Å². The van der Waals surface area contributed by atoms with E-state index in [9.17, 15) is 14.4 Å². The Morgan fingerprint density at radius 3 is 0.735 bits per heavy atom. The fraction of sp³-hybridized carbons (Fsp3) is 0.701. The summed E-state index contributed by atoms with van der Waals surface area (Å²) in [5.74, 6) is -0.893. The highest BCUT2D eigenvalue weighted by Crippen LogP contribution is 2.17. The molecule has 0 fully saturated rings. The first-order valence-electron chi connectivity index (χ1n) is 35.0. The minimum atomic E-state index is -0.792. The molecule has 0 amide bonds. The van der Waals surface area contributed by atoms with Crippen molar-refractivity contribution in [1.82, 2.24) is 0 Å². The van der Waals surface area contributed by atoms with E-state index in [0.717, 1.165) is 128 Å². The fourth-order valence-electron chi connectivity index (χ4n) is 9.75. The Morgan fingerprint density at radius 2 is 0.470 bits per heavy atom. The second-order valence-electron chi connectivity index (χ2n) is 23.0. The number of allylic oxidation sites excluding steroid dienone is 20. The lowest BCUT2D eigenvalue weighted by molar-refractivity contribution is -0.167. The van der Waals surface area contributed by atoms with Gasteiger partial charge >= 0.3 is 17.9 Å². The quantitative estimate of drug-likeness (QED) is 0.0261. The lowest BCUT2D eigenvalue weighted by atomic mass is 10.0. The molecule has 0 saturated carbocycles. The van der Waals surface area contributed by atoms with Crippen molar-refractivity contribution in [3.63, 3.8) is 0 Å². The van der Waals surface area contributed by atoms with Gasteiger partial charge in [-0.1, -0.05) is 303 Å². The molecule has 0 aromatic heterocycles. The minimum absolute atomic E-state index is 0.0859. The average molecular weight is 1150 g/mol. The van der Waals surface area contributed by atoms with Crippen LogP contribution in [0.25, 0.3) is 0 Å². The second kappa shape index (κ2) is 70.3. The van der Waals surface area contributed by atoms with E-state index in [4.69, 9.17) is 14.2 Å². The molecule has 0 spiro atoms. The third kappa shape index (κ3) is 68.5. The molecule has 0 aliphatic rings. The van der Waals surface area contributed by atoms with Gasteiger partial charge in [-0.2, -0.15) is 0 Å². The summed E-state index contributed by atoms with van der Waals surface area (Å²) in [5, 5.41) is 0. The third-order valence-electron chi connectivity index (χ3n) is 14.9. The number of carbonyl (C=O) groups excluding carboxylic acids is 3. The first kappa shape index (κ1) is 78.8. The van der Waals surface area contributed by atoms with Crippen molar-refractivity contribution in [2.75, 3.05) is 13.2 Å². The van der Waals surface area contributed by atoms with Crippen LogP contribution in [-0.4, -0.2) is 37.2 Å². The average Bonchev–Trinajstić information content (AvgIpc) is 3.50. The lowest BCUT2D eigenvalue weighted by Gasteiger charge is -2.18. The van der Waals surface area contributed by atoms with Gasteiger partial charge in [0, 0.05) is 19.3 Å². The predicted molar refractivity (Wildman–Crippen MR) is 362 cm³/mol. The SMILES string of the molecule is CC/C=C\C/C=C\C/C=C\C/C=C\CCCCCCCCCCCCCCCCC(=O)OCC(COC(=O)CCCCCCCCCCC/C=C\C/C=C\CCCCC)OC(=O)CCCCCCCC/C=C\C/C=C\C/C=C\C/C=C\CC. The van der Waals surface area contributed by atoms with E-state index in [2.05, 4.69) is 142 Å². The number of carbonyl (C=O) groups is 3. The molecule has 0 N–H and O–H groups in total. The molecule has 0 aromatic rings. The van der Waals surface area contributed by atoms with E-state index in [0.29, 0.717) is 19.3 Å². The van der Waals surface area contributed by atoms with Crippen LogP contribution in [0.2, 0.25) is 0 Å². The molecule has 0 saturated heterocycles. The summed E-state index contributed by atoms with van der Waals surface area (Å²) in [7, 11) is 0. The Hall–Kier alpha value is -4.19. The maximum absolute atomic E-state index is 13.0. The molecule has 0 bridgehead atoms. The number of hydrogen-bond acceptors (Lipinski definition) is 6. The van der Waals surface area contributed by atoms with Crippen molar-refractivity contribution in [2.45, 2.75) is 335 Å². The van der Waals surface area contributed by atoms with E-state index in [1.807, 2.05) is 0 Å². The first-order chi connectivity index (χ1) is 41.0. The smallest absolute Gasteiger partial charge is 0.306 e. The molecule has 6 nitrogen and oxygen atoms in total. The zero-order chi connectivity index (χ0) is 59.9. The normalized spacial score (nSPS) is 12.9. The van der Waals surface area contributed by atoms with Crippen molar-refractivity contribution in [1.29, 1.82) is 0 Å². The van der Waals surface area contributed by atoms with Gasteiger partial charge in [-0.05, 0) is 128 Å². The molecule has 0 aliphatic carbocycles. The standard InChI is InChI=1S/C77H130O6/c1-4-7-10-13-16-19-22-25-28-31-34-35-36-37-38-39-40-41-44-46-49-52-55-58-61-64-67-70-76(79)82-73-74(83-77(80)71-68-65-62-59-56-53-50-47-43-33-30-27-24-21-18-15-12-9-6-3)72-81-75(78)69-66-63-60-57-54-51-48-45-42-32-29-26-23-20-17-14-11-8-5-2/h7,9-10,12,16-21,25-30,34-35,43,47,74H,4-6,8,11,13-15,22-24,31-33,36-42,44-46,48-73H2,1-3H3/b10-7-,12-9-,19-16-,20-17-,21-18-,28-25-,29-26-,30-27-,35-34-,47-43-. The summed E-state index contributed by atoms with van der Waals surface area (Å²) < 4.78 is 17.0. The van der Waals surface area contributed by atoms with Gasteiger partial charge in [0.05, 0.1) is 0 Å². The van der Waals surface area contributed by atoms with Crippen LogP contribution in [0.5, 0.6) is 0 Å². The Bertz CT molecular complexity index is 1700. The molecular weight excluding hydrogens is 1020 g/mol. The topological polar surface area (TPSA) is 78.9 Å². The number of rotatable bonds is 63. The Morgan fingerprint density at radius 1 is 0.253 bits per heavy atom. The molecule has 0 aliphatic heterocycles. The van der Waals surface area contributed by atoms with Crippen molar-refractivity contribution < 1.29 is 28.6 Å². The minimum Gasteiger partial charge on any atom is -0.462 e. The van der Waals surface area contributed by atoms with Crippen LogP contribution in [0.1, 0.15) is 329 Å². The summed E-state index contributed by atoms with van der Waals surface area (Å²) in [6.45, 7) is 6.41. The summed E-state index contributed by atoms with van der Waals surface area (Å²) in [5.41, 5.74) is 0.